The van der Waals surface area contributed by atoms with Crippen LogP contribution in [-0.2, 0) is 25.3 Å². The molecule has 0 amide bonds. The molecule has 1 heterocycles. The van der Waals surface area contributed by atoms with E-state index in [0.717, 1.165) is 35.7 Å². The third kappa shape index (κ3) is 2.99. The highest BCUT2D eigenvalue weighted by atomic mass is 35.5. The van der Waals surface area contributed by atoms with Gasteiger partial charge in [0.15, 0.2) is 0 Å². The Hall–Kier alpha value is -1.32. The Morgan fingerprint density at radius 1 is 1.24 bits per heavy atom. The first kappa shape index (κ1) is 16.1. The molecule has 114 valence electrons. The van der Waals surface area contributed by atoms with Crippen molar-refractivity contribution in [3.05, 3.63) is 52.3 Å². The molecule has 1 aromatic carbocycles. The molecule has 2 N–H and O–H groups in total. The minimum Gasteiger partial charge on any atom is -0.330 e. The van der Waals surface area contributed by atoms with Crippen LogP contribution < -0.4 is 5.73 Å². The van der Waals surface area contributed by atoms with Crippen LogP contribution >= 0.6 is 11.6 Å². The second kappa shape index (κ2) is 6.63. The largest absolute Gasteiger partial charge is 0.330 e. The summed E-state index contributed by atoms with van der Waals surface area (Å²) in [5, 5.41) is 5.31. The van der Waals surface area contributed by atoms with E-state index >= 15 is 0 Å². The van der Waals surface area contributed by atoms with Gasteiger partial charge in [-0.1, -0.05) is 55.8 Å². The van der Waals surface area contributed by atoms with Gasteiger partial charge in [-0.3, -0.25) is 4.68 Å². The Bertz CT molecular complexity index is 586. The number of nitrogens with two attached hydrogens (primary N) is 1. The van der Waals surface area contributed by atoms with Crippen LogP contribution in [0, 0.1) is 0 Å². The fourth-order valence-electron chi connectivity index (χ4n) is 2.89. The summed E-state index contributed by atoms with van der Waals surface area (Å²) >= 11 is 6.51. The van der Waals surface area contributed by atoms with Crippen molar-refractivity contribution >= 4 is 11.6 Å². The predicted molar refractivity (Wildman–Crippen MR) is 88.8 cm³/mol. The van der Waals surface area contributed by atoms with E-state index in [1.165, 1.54) is 5.56 Å². The van der Waals surface area contributed by atoms with Gasteiger partial charge in [-0.05, 0) is 18.4 Å². The maximum atomic E-state index is 6.51. The second-order valence-corrected chi connectivity index (χ2v) is 5.94. The molecule has 1 atom stereocenters. The van der Waals surface area contributed by atoms with Crippen molar-refractivity contribution in [2.24, 2.45) is 12.8 Å². The Kier molecular flexibility index (Phi) is 5.07. The molecule has 1 unspecified atom stereocenters. The summed E-state index contributed by atoms with van der Waals surface area (Å²) in [5.74, 6) is 0. The molecule has 0 aliphatic carbocycles. The molecule has 0 spiro atoms. The van der Waals surface area contributed by atoms with Crippen molar-refractivity contribution in [2.45, 2.75) is 38.5 Å². The Balaban J connectivity index is 2.44. The van der Waals surface area contributed by atoms with Gasteiger partial charge in [-0.15, -0.1) is 0 Å². The number of benzene rings is 1. The average Bonchev–Trinajstić information content (AvgIpc) is 2.80. The summed E-state index contributed by atoms with van der Waals surface area (Å²) in [6.45, 7) is 4.85. The van der Waals surface area contributed by atoms with Gasteiger partial charge in [0, 0.05) is 25.4 Å². The van der Waals surface area contributed by atoms with E-state index < -0.39 is 0 Å². The van der Waals surface area contributed by atoms with E-state index in [9.17, 15) is 0 Å². The zero-order valence-electron chi connectivity index (χ0n) is 13.1. The lowest BCUT2D eigenvalue weighted by molar-refractivity contribution is 0.406. The van der Waals surface area contributed by atoms with Crippen LogP contribution in [0.4, 0.5) is 0 Å². The van der Waals surface area contributed by atoms with Gasteiger partial charge >= 0.3 is 0 Å². The van der Waals surface area contributed by atoms with E-state index in [-0.39, 0.29) is 5.41 Å². The van der Waals surface area contributed by atoms with E-state index in [0.29, 0.717) is 6.54 Å². The van der Waals surface area contributed by atoms with Crippen molar-refractivity contribution in [1.82, 2.24) is 9.78 Å². The van der Waals surface area contributed by atoms with Crippen LogP contribution in [0.2, 0.25) is 5.02 Å². The smallest absolute Gasteiger partial charge is 0.0850 e. The van der Waals surface area contributed by atoms with Crippen LogP contribution in [0.1, 0.15) is 37.2 Å². The van der Waals surface area contributed by atoms with Crippen LogP contribution in [0.25, 0.3) is 0 Å². The SMILES string of the molecule is CCc1nn(C)c(CC(CC)(CN)c2ccccc2)c1Cl. The molecule has 4 heteroatoms. The summed E-state index contributed by atoms with van der Waals surface area (Å²) in [7, 11) is 1.96. The molecule has 0 saturated heterocycles. The van der Waals surface area contributed by atoms with Crippen molar-refractivity contribution in [3.8, 4) is 0 Å². The lowest BCUT2D eigenvalue weighted by atomic mass is 9.74. The zero-order valence-corrected chi connectivity index (χ0v) is 13.8. The molecular formula is C17H24ClN3. The van der Waals surface area contributed by atoms with Gasteiger partial charge in [-0.2, -0.15) is 5.10 Å². The Morgan fingerprint density at radius 2 is 1.90 bits per heavy atom. The van der Waals surface area contributed by atoms with E-state index in [1.54, 1.807) is 0 Å². The number of nitrogens with zero attached hydrogens (tertiary/aromatic N) is 2. The maximum Gasteiger partial charge on any atom is 0.0850 e. The lowest BCUT2D eigenvalue weighted by Gasteiger charge is -2.32. The molecule has 2 rings (SSSR count). The van der Waals surface area contributed by atoms with Crippen LogP contribution in [0.5, 0.6) is 0 Å². The lowest BCUT2D eigenvalue weighted by Crippen LogP contribution is -2.37. The minimum absolute atomic E-state index is 0.0935. The number of aromatic nitrogens is 2. The van der Waals surface area contributed by atoms with E-state index in [2.05, 4.69) is 43.2 Å². The molecule has 0 saturated carbocycles. The fraction of sp³-hybridized carbons (Fsp3) is 0.471. The van der Waals surface area contributed by atoms with Gasteiger partial charge in [0.05, 0.1) is 16.4 Å². The van der Waals surface area contributed by atoms with E-state index in [4.69, 9.17) is 17.3 Å². The molecule has 0 aliphatic rings. The Labute approximate surface area is 132 Å². The molecular weight excluding hydrogens is 282 g/mol. The molecule has 0 radical (unpaired) electrons. The van der Waals surface area contributed by atoms with Gasteiger partial charge in [-0.25, -0.2) is 0 Å². The highest BCUT2D eigenvalue weighted by Crippen LogP contribution is 2.34. The van der Waals surface area contributed by atoms with Crippen LogP contribution in [0.15, 0.2) is 30.3 Å². The second-order valence-electron chi connectivity index (χ2n) is 5.57. The van der Waals surface area contributed by atoms with Crippen molar-refractivity contribution in [3.63, 3.8) is 0 Å². The molecule has 0 fully saturated rings. The number of hydrogen-bond acceptors (Lipinski definition) is 2. The average molecular weight is 306 g/mol. The minimum atomic E-state index is -0.0935. The van der Waals surface area contributed by atoms with Crippen LogP contribution in [0.3, 0.4) is 0 Å². The highest BCUT2D eigenvalue weighted by Gasteiger charge is 2.31. The summed E-state index contributed by atoms with van der Waals surface area (Å²) in [6, 6.07) is 10.5. The number of rotatable bonds is 6. The van der Waals surface area contributed by atoms with Crippen molar-refractivity contribution < 1.29 is 0 Å². The first-order valence-electron chi connectivity index (χ1n) is 7.53. The molecule has 2 aromatic rings. The van der Waals surface area contributed by atoms with Crippen LogP contribution in [-0.4, -0.2) is 16.3 Å². The first-order valence-corrected chi connectivity index (χ1v) is 7.91. The molecule has 3 nitrogen and oxygen atoms in total. The number of hydrogen-bond donors (Lipinski definition) is 1. The third-order valence-electron chi connectivity index (χ3n) is 4.46. The highest BCUT2D eigenvalue weighted by molar-refractivity contribution is 6.31. The predicted octanol–water partition coefficient (Wildman–Crippen LogP) is 3.49. The van der Waals surface area contributed by atoms with Gasteiger partial charge in [0.1, 0.15) is 0 Å². The number of halogens is 1. The quantitative estimate of drug-likeness (QED) is 0.888. The summed E-state index contributed by atoms with van der Waals surface area (Å²) in [6.07, 6.45) is 2.63. The standard InChI is InChI=1S/C17H24ClN3/c1-4-14-16(18)15(21(3)20-14)11-17(5-2,12-19)13-9-7-6-8-10-13/h6-10H,4-5,11-12,19H2,1-3H3. The topological polar surface area (TPSA) is 43.8 Å². The monoisotopic (exact) mass is 305 g/mol. The summed E-state index contributed by atoms with van der Waals surface area (Å²) in [4.78, 5) is 0. The molecule has 1 aromatic heterocycles. The van der Waals surface area contributed by atoms with Gasteiger partial charge in [0.25, 0.3) is 0 Å². The fourth-order valence-corrected chi connectivity index (χ4v) is 3.25. The molecule has 0 aliphatic heterocycles. The first-order chi connectivity index (χ1) is 10.1. The van der Waals surface area contributed by atoms with Crippen molar-refractivity contribution in [2.75, 3.05) is 6.54 Å². The third-order valence-corrected chi connectivity index (χ3v) is 4.90. The summed E-state index contributed by atoms with van der Waals surface area (Å²) < 4.78 is 1.91. The van der Waals surface area contributed by atoms with E-state index in [1.807, 2.05) is 17.8 Å². The molecule has 0 bridgehead atoms. The van der Waals surface area contributed by atoms with Gasteiger partial charge in [0.2, 0.25) is 0 Å². The summed E-state index contributed by atoms with van der Waals surface area (Å²) in [5.41, 5.74) is 9.38. The molecule has 21 heavy (non-hydrogen) atoms. The zero-order chi connectivity index (χ0) is 15.5. The maximum absolute atomic E-state index is 6.51. The van der Waals surface area contributed by atoms with Crippen molar-refractivity contribution in [1.29, 1.82) is 0 Å². The normalized spacial score (nSPS) is 14.1. The Morgan fingerprint density at radius 3 is 2.38 bits per heavy atom. The number of aryl methyl sites for hydroxylation is 2. The van der Waals surface area contributed by atoms with Gasteiger partial charge < -0.3 is 5.73 Å².